The molecule has 4 rings (SSSR count). The number of hydrogen-bond acceptors (Lipinski definition) is 3. The molecule has 162 valence electrons. The van der Waals surface area contributed by atoms with Gasteiger partial charge in [-0.25, -0.2) is 4.98 Å². The summed E-state index contributed by atoms with van der Waals surface area (Å²) in [6, 6.07) is 17.8. The first-order valence-electron chi connectivity index (χ1n) is 11.0. The summed E-state index contributed by atoms with van der Waals surface area (Å²) in [6.45, 7) is 6.31. The number of aryl methyl sites for hydroxylation is 1. The number of piperazine rings is 1. The van der Waals surface area contributed by atoms with Gasteiger partial charge in [0.25, 0.3) is 0 Å². The summed E-state index contributed by atoms with van der Waals surface area (Å²) in [5, 5.41) is 0. The lowest BCUT2D eigenvalue weighted by Gasteiger charge is -2.38. The number of rotatable bonds is 6. The fourth-order valence-corrected chi connectivity index (χ4v) is 4.22. The Hall–Kier alpha value is -3.15. The van der Waals surface area contributed by atoms with Crippen molar-refractivity contribution in [3.8, 4) is 0 Å². The van der Waals surface area contributed by atoms with Gasteiger partial charge in [-0.3, -0.25) is 9.59 Å². The molecule has 31 heavy (non-hydrogen) atoms. The van der Waals surface area contributed by atoms with Crippen LogP contribution in [0.3, 0.4) is 0 Å². The molecule has 1 aliphatic heterocycles. The second-order valence-corrected chi connectivity index (χ2v) is 8.72. The lowest BCUT2D eigenvalue weighted by molar-refractivity contribution is -0.142. The zero-order valence-corrected chi connectivity index (χ0v) is 18.3. The highest BCUT2D eigenvalue weighted by Crippen LogP contribution is 2.26. The molecule has 1 aliphatic rings. The Labute approximate surface area is 183 Å². The second kappa shape index (κ2) is 8.92. The Bertz CT molecular complexity index is 1020. The lowest BCUT2D eigenvalue weighted by Crippen LogP contribution is -2.54. The maximum Gasteiger partial charge on any atom is 0.232 e. The van der Waals surface area contributed by atoms with Crippen molar-refractivity contribution >= 4 is 22.8 Å². The Morgan fingerprint density at radius 2 is 1.58 bits per heavy atom. The second-order valence-electron chi connectivity index (χ2n) is 8.72. The van der Waals surface area contributed by atoms with Crippen LogP contribution in [-0.4, -0.2) is 57.8 Å². The summed E-state index contributed by atoms with van der Waals surface area (Å²) in [7, 11) is 0. The fraction of sp³-hybridized carbons (Fsp3) is 0.400. The highest BCUT2D eigenvalue weighted by Gasteiger charge is 2.35. The van der Waals surface area contributed by atoms with Crippen LogP contribution in [-0.2, 0) is 21.4 Å². The van der Waals surface area contributed by atoms with Gasteiger partial charge in [0.1, 0.15) is 5.82 Å². The van der Waals surface area contributed by atoms with E-state index in [9.17, 15) is 9.59 Å². The molecular formula is C25H30N4O2. The summed E-state index contributed by atoms with van der Waals surface area (Å²) in [4.78, 5) is 37.4. The zero-order chi connectivity index (χ0) is 21.8. The molecule has 0 unspecified atom stereocenters. The molecule has 6 nitrogen and oxygen atoms in total. The minimum absolute atomic E-state index is 0.121. The summed E-state index contributed by atoms with van der Waals surface area (Å²) in [6.07, 6.45) is 2.02. The van der Waals surface area contributed by atoms with Crippen molar-refractivity contribution in [3.63, 3.8) is 0 Å². The smallest absolute Gasteiger partial charge is 0.232 e. The third kappa shape index (κ3) is 4.63. The molecule has 1 N–H and O–H groups in total. The van der Waals surface area contributed by atoms with Gasteiger partial charge < -0.3 is 14.8 Å². The van der Waals surface area contributed by atoms with E-state index in [-0.39, 0.29) is 11.8 Å². The standard InChI is InChI=1S/C25H30N4O2/c1-25(2,19-9-4-3-5-10-19)24(31)29-17-15-28(16-18-29)23(30)14-8-13-22-26-20-11-6-7-12-21(20)27-22/h3-7,9-12H,8,13-18H2,1-2H3,(H,26,27). The van der Waals surface area contributed by atoms with E-state index in [1.54, 1.807) is 0 Å². The topological polar surface area (TPSA) is 69.3 Å². The van der Waals surface area contributed by atoms with Crippen molar-refractivity contribution < 1.29 is 9.59 Å². The van der Waals surface area contributed by atoms with Gasteiger partial charge in [-0.1, -0.05) is 42.5 Å². The van der Waals surface area contributed by atoms with E-state index >= 15 is 0 Å². The number of nitrogens with one attached hydrogen (secondary N) is 1. The van der Waals surface area contributed by atoms with Gasteiger partial charge in [-0.15, -0.1) is 0 Å². The van der Waals surface area contributed by atoms with Crippen LogP contribution in [0.2, 0.25) is 0 Å². The fourth-order valence-electron chi connectivity index (χ4n) is 4.22. The van der Waals surface area contributed by atoms with Crippen LogP contribution in [0.1, 0.15) is 38.1 Å². The number of para-hydroxylation sites is 2. The Morgan fingerprint density at radius 1 is 0.935 bits per heavy atom. The van der Waals surface area contributed by atoms with Crippen LogP contribution in [0.15, 0.2) is 54.6 Å². The molecular weight excluding hydrogens is 388 g/mol. The lowest BCUT2D eigenvalue weighted by atomic mass is 9.83. The molecule has 0 radical (unpaired) electrons. The van der Waals surface area contributed by atoms with Crippen LogP contribution >= 0.6 is 0 Å². The zero-order valence-electron chi connectivity index (χ0n) is 18.3. The molecule has 2 amide bonds. The molecule has 2 aromatic carbocycles. The molecule has 2 heterocycles. The first-order chi connectivity index (χ1) is 14.9. The van der Waals surface area contributed by atoms with Gasteiger partial charge in [0, 0.05) is 39.0 Å². The Balaban J connectivity index is 1.25. The number of imidazole rings is 1. The predicted octanol–water partition coefficient (Wildman–Crippen LogP) is 3.53. The van der Waals surface area contributed by atoms with E-state index in [2.05, 4.69) is 9.97 Å². The third-order valence-corrected chi connectivity index (χ3v) is 6.19. The Morgan fingerprint density at radius 3 is 2.29 bits per heavy atom. The summed E-state index contributed by atoms with van der Waals surface area (Å²) in [5.41, 5.74) is 2.44. The maximum atomic E-state index is 13.1. The quantitative estimate of drug-likeness (QED) is 0.666. The number of aromatic amines is 1. The monoisotopic (exact) mass is 418 g/mol. The molecule has 0 aliphatic carbocycles. The molecule has 0 spiro atoms. The highest BCUT2D eigenvalue weighted by atomic mass is 16.2. The summed E-state index contributed by atoms with van der Waals surface area (Å²) >= 11 is 0. The number of amides is 2. The van der Waals surface area contributed by atoms with E-state index in [4.69, 9.17) is 0 Å². The minimum Gasteiger partial charge on any atom is -0.342 e. The summed E-state index contributed by atoms with van der Waals surface area (Å²) in [5.74, 6) is 1.20. The number of nitrogens with zero attached hydrogens (tertiary/aromatic N) is 3. The first kappa shape index (κ1) is 21.1. The highest BCUT2D eigenvalue weighted by molar-refractivity contribution is 5.87. The normalized spacial score (nSPS) is 14.8. The van der Waals surface area contributed by atoms with Gasteiger partial charge >= 0.3 is 0 Å². The van der Waals surface area contributed by atoms with Gasteiger partial charge in [-0.2, -0.15) is 0 Å². The number of carbonyl (C=O) groups is 2. The average Bonchev–Trinajstić information content (AvgIpc) is 3.22. The minimum atomic E-state index is -0.569. The number of carbonyl (C=O) groups excluding carboxylic acids is 2. The molecule has 0 atom stereocenters. The van der Waals surface area contributed by atoms with Crippen molar-refractivity contribution in [3.05, 3.63) is 66.0 Å². The SMILES string of the molecule is CC(C)(C(=O)N1CCN(C(=O)CCCc2nc3ccccc3[nH]2)CC1)c1ccccc1. The van der Waals surface area contributed by atoms with Crippen LogP contribution in [0.25, 0.3) is 11.0 Å². The summed E-state index contributed by atoms with van der Waals surface area (Å²) < 4.78 is 0. The van der Waals surface area contributed by atoms with Crippen molar-refractivity contribution in [2.45, 2.75) is 38.5 Å². The van der Waals surface area contributed by atoms with Crippen molar-refractivity contribution in [1.29, 1.82) is 0 Å². The number of aromatic nitrogens is 2. The van der Waals surface area contributed by atoms with Crippen molar-refractivity contribution in [1.82, 2.24) is 19.8 Å². The average molecular weight is 419 g/mol. The number of H-pyrrole nitrogens is 1. The van der Waals surface area contributed by atoms with Crippen LogP contribution < -0.4 is 0 Å². The van der Waals surface area contributed by atoms with Crippen LogP contribution in [0, 0.1) is 0 Å². The van der Waals surface area contributed by atoms with Crippen LogP contribution in [0.5, 0.6) is 0 Å². The van der Waals surface area contributed by atoms with Crippen molar-refractivity contribution in [2.75, 3.05) is 26.2 Å². The molecule has 6 heteroatoms. The van der Waals surface area contributed by atoms with Crippen LogP contribution in [0.4, 0.5) is 0 Å². The van der Waals surface area contributed by atoms with E-state index in [0.29, 0.717) is 32.6 Å². The number of benzene rings is 2. The molecule has 0 bridgehead atoms. The number of hydrogen-bond donors (Lipinski definition) is 1. The van der Waals surface area contributed by atoms with Gasteiger partial charge in [0.15, 0.2) is 0 Å². The molecule has 0 saturated carbocycles. The number of fused-ring (bicyclic) bond motifs is 1. The molecule has 1 aromatic heterocycles. The van der Waals surface area contributed by atoms with E-state index < -0.39 is 5.41 Å². The molecule has 1 saturated heterocycles. The Kier molecular flexibility index (Phi) is 6.07. The van der Waals surface area contributed by atoms with Gasteiger partial charge in [0.05, 0.1) is 16.4 Å². The van der Waals surface area contributed by atoms with Gasteiger partial charge in [0.2, 0.25) is 11.8 Å². The maximum absolute atomic E-state index is 13.1. The molecule has 3 aromatic rings. The van der Waals surface area contributed by atoms with E-state index in [0.717, 1.165) is 35.3 Å². The largest absolute Gasteiger partial charge is 0.342 e. The van der Waals surface area contributed by atoms with E-state index in [1.165, 1.54) is 0 Å². The molecule has 1 fully saturated rings. The van der Waals surface area contributed by atoms with Crippen molar-refractivity contribution in [2.24, 2.45) is 0 Å². The van der Waals surface area contributed by atoms with E-state index in [1.807, 2.05) is 78.2 Å². The first-order valence-corrected chi connectivity index (χ1v) is 11.0. The third-order valence-electron chi connectivity index (χ3n) is 6.19. The predicted molar refractivity (Wildman–Crippen MR) is 122 cm³/mol. The van der Waals surface area contributed by atoms with Gasteiger partial charge in [-0.05, 0) is 38.0 Å².